The number of nitrogens with one attached hydrogen (secondary N) is 3. The number of benzene rings is 3. The van der Waals surface area contributed by atoms with Gasteiger partial charge in [-0.05, 0) is 154 Å². The van der Waals surface area contributed by atoms with Gasteiger partial charge < -0.3 is 49.1 Å². The van der Waals surface area contributed by atoms with Crippen molar-refractivity contribution in [3.05, 3.63) is 124 Å². The van der Waals surface area contributed by atoms with Crippen molar-refractivity contribution in [2.45, 2.75) is 125 Å². The highest BCUT2D eigenvalue weighted by molar-refractivity contribution is 7.90. The number of nitro benzene ring substituents is 1. The van der Waals surface area contributed by atoms with Gasteiger partial charge in [0.05, 0.1) is 65.2 Å². The first-order chi connectivity index (χ1) is 42.0. The van der Waals surface area contributed by atoms with Gasteiger partial charge >= 0.3 is 0 Å². The molecule has 3 aromatic heterocycles. The quantitative estimate of drug-likeness (QED) is 0.0589. The Kier molecular flexibility index (Phi) is 15.1. The summed E-state index contributed by atoms with van der Waals surface area (Å²) in [5.41, 5.74) is 5.99. The number of piperidine rings is 1. The number of aromatic amines is 1. The van der Waals surface area contributed by atoms with Gasteiger partial charge in [0.25, 0.3) is 21.6 Å². The second kappa shape index (κ2) is 22.8. The lowest BCUT2D eigenvalue weighted by Crippen LogP contribution is -2.66. The number of piperazine rings is 1. The fourth-order valence-corrected chi connectivity index (χ4v) is 17.0. The zero-order valence-corrected chi connectivity index (χ0v) is 50.7. The minimum atomic E-state index is -4.65. The number of carbonyl (C=O) groups excluding carboxylic acids is 1. The second-order valence-electron chi connectivity index (χ2n) is 26.2. The Morgan fingerprint density at radius 2 is 1.70 bits per heavy atom. The normalized spacial score (nSPS) is 26.6. The predicted octanol–water partition coefficient (Wildman–Crippen LogP) is 8.84. The third kappa shape index (κ3) is 10.9. The standard InChI is InChI=1S/C65H79N11O10S/c1-42-34-65(51-7-5-4-6-49(42)51)41-71(39-44-30-57(83-3)60(68-38-44)73-25-28-84-29-26-73)23-24-74(65)47-35-64(36-47)18-21-72(22-19-64)46-8-10-50(54(32-46)75-53-15-27-85-40-58(53)86-62-56(75)31-45-14-20-66-59(45)69-62)61(77)70-87(81,82)48-9-11-52(55(33-48)76(79)80)67-37-43-12-16-63(2,78)17-13-43/h4-11,14,20,30-33,38,42-43,47,53,58,67,78H,12-13,15-19,21-29,34-37,39-41H2,1-3H3,(H,66,69)(H,70,77)/t42-,43?,53-,58-,63?,65+/m0/s1. The van der Waals surface area contributed by atoms with Crippen LogP contribution in [0.1, 0.15) is 111 Å². The molecule has 87 heavy (non-hydrogen) atoms. The number of nitro groups is 1. The van der Waals surface area contributed by atoms with E-state index >= 15 is 0 Å². The zero-order chi connectivity index (χ0) is 59.8. The first kappa shape index (κ1) is 57.7. The molecule has 0 unspecified atom stereocenters. The van der Waals surface area contributed by atoms with Crippen molar-refractivity contribution in [2.75, 3.05) is 106 Å². The number of morpholine rings is 1. The fourth-order valence-electron chi connectivity index (χ4n) is 16.0. The van der Waals surface area contributed by atoms with E-state index in [0.717, 1.165) is 132 Å². The molecule has 4 atom stereocenters. The number of methoxy groups -OCH3 is 1. The first-order valence-electron chi connectivity index (χ1n) is 31.2. The fraction of sp³-hybridized carbons (Fsp3) is 0.523. The minimum absolute atomic E-state index is 0.110. The predicted molar refractivity (Wildman–Crippen MR) is 331 cm³/mol. The third-order valence-electron chi connectivity index (χ3n) is 20.7. The average Bonchev–Trinajstić information content (AvgIpc) is 1.70. The lowest BCUT2D eigenvalue weighted by atomic mass is 9.59. The number of nitrogens with zero attached hydrogens (tertiary/aromatic N) is 8. The highest BCUT2D eigenvalue weighted by atomic mass is 32.2. The molecular weight excluding hydrogens is 1130 g/mol. The highest BCUT2D eigenvalue weighted by Crippen LogP contribution is 2.58. The van der Waals surface area contributed by atoms with E-state index in [1.807, 2.05) is 43.6 Å². The minimum Gasteiger partial charge on any atom is -0.493 e. The molecule has 14 rings (SSSR count). The molecule has 460 valence electrons. The summed E-state index contributed by atoms with van der Waals surface area (Å²) in [5.74, 6) is 1.80. The molecule has 0 bridgehead atoms. The number of amides is 1. The number of anilines is 5. The molecule has 4 saturated heterocycles. The number of carbonyl (C=O) groups is 1. The molecule has 5 aliphatic heterocycles. The third-order valence-corrected chi connectivity index (χ3v) is 22.0. The Bertz CT molecular complexity index is 3700. The summed E-state index contributed by atoms with van der Waals surface area (Å²) in [6.45, 7) is 13.6. The molecule has 8 aliphatic rings. The van der Waals surface area contributed by atoms with Crippen LogP contribution in [0.4, 0.5) is 34.3 Å². The molecule has 22 heteroatoms. The maximum absolute atomic E-state index is 14.9. The molecule has 2 saturated carbocycles. The lowest BCUT2D eigenvalue weighted by Gasteiger charge is -2.61. The monoisotopic (exact) mass is 1210 g/mol. The number of aromatic nitrogens is 3. The number of aliphatic hydroxyl groups is 1. The molecule has 6 aromatic rings. The van der Waals surface area contributed by atoms with E-state index < -0.39 is 43.1 Å². The van der Waals surface area contributed by atoms with Crippen LogP contribution in [-0.4, -0.2) is 159 Å². The van der Waals surface area contributed by atoms with Crippen molar-refractivity contribution in [1.29, 1.82) is 0 Å². The number of fused-ring (bicyclic) bond motifs is 5. The van der Waals surface area contributed by atoms with Gasteiger partial charge in [-0.1, -0.05) is 31.2 Å². The number of hydrogen-bond donors (Lipinski definition) is 4. The van der Waals surface area contributed by atoms with Gasteiger partial charge in [-0.3, -0.25) is 24.7 Å². The van der Waals surface area contributed by atoms with Gasteiger partial charge in [0.1, 0.15) is 23.1 Å². The van der Waals surface area contributed by atoms with Crippen molar-refractivity contribution in [2.24, 2.45) is 11.3 Å². The number of sulfonamides is 1. The van der Waals surface area contributed by atoms with Gasteiger partial charge in [-0.15, -0.1) is 0 Å². The largest absolute Gasteiger partial charge is 0.493 e. The number of ether oxygens (including phenoxy) is 4. The van der Waals surface area contributed by atoms with Gasteiger partial charge in [0, 0.05) is 101 Å². The first-order valence-corrected chi connectivity index (χ1v) is 32.7. The Labute approximate surface area is 507 Å². The van der Waals surface area contributed by atoms with Crippen molar-refractivity contribution >= 4 is 61.2 Å². The SMILES string of the molecule is COc1cc(CN2CCN(C3CC4(CCN(c5ccc(C(=O)NS(=O)(=O)c6ccc(NCC7CCC(C)(O)CC7)c([N+](=O)[O-])c6)c(N6c7cc8cc[nH]c8nc7O[C@H]7COCC[C@@H]76)c5)CC4)C3)[C@]3(C[C@H](C)c4ccccc43)C2)cnc1N1CCOCC1. The smallest absolute Gasteiger partial charge is 0.293 e. The molecular formula is C65H79N11O10S. The molecule has 4 N–H and O–H groups in total. The van der Waals surface area contributed by atoms with Gasteiger partial charge in [0.15, 0.2) is 11.6 Å². The Balaban J connectivity index is 0.712. The molecule has 8 heterocycles. The van der Waals surface area contributed by atoms with Crippen LogP contribution in [0, 0.1) is 21.4 Å². The maximum atomic E-state index is 14.9. The van der Waals surface area contributed by atoms with Crippen LogP contribution in [0.3, 0.4) is 0 Å². The van der Waals surface area contributed by atoms with E-state index in [0.29, 0.717) is 87.1 Å². The molecule has 3 aliphatic carbocycles. The summed E-state index contributed by atoms with van der Waals surface area (Å²) in [5, 5.41) is 26.9. The summed E-state index contributed by atoms with van der Waals surface area (Å²) >= 11 is 0. The van der Waals surface area contributed by atoms with Crippen molar-refractivity contribution in [3.8, 4) is 11.6 Å². The Hall–Kier alpha value is -7.08. The summed E-state index contributed by atoms with van der Waals surface area (Å²) < 4.78 is 55.1. The summed E-state index contributed by atoms with van der Waals surface area (Å²) in [4.78, 5) is 51.7. The molecule has 3 aromatic carbocycles. The van der Waals surface area contributed by atoms with Crippen LogP contribution in [0.2, 0.25) is 0 Å². The van der Waals surface area contributed by atoms with E-state index in [1.54, 1.807) is 13.2 Å². The molecule has 21 nitrogen and oxygen atoms in total. The van der Waals surface area contributed by atoms with Gasteiger partial charge in [0.2, 0.25) is 5.88 Å². The van der Waals surface area contributed by atoms with Crippen LogP contribution < -0.4 is 34.2 Å². The second-order valence-corrected chi connectivity index (χ2v) is 27.9. The van der Waals surface area contributed by atoms with E-state index in [2.05, 4.69) is 76.8 Å². The molecule has 1 amide bonds. The highest BCUT2D eigenvalue weighted by Gasteiger charge is 2.57. The van der Waals surface area contributed by atoms with Crippen LogP contribution in [0.25, 0.3) is 11.0 Å². The molecule has 0 radical (unpaired) electrons. The summed E-state index contributed by atoms with van der Waals surface area (Å²) in [6.07, 6.45) is 12.1. The average molecular weight is 1210 g/mol. The number of rotatable bonds is 14. The maximum Gasteiger partial charge on any atom is 0.293 e. The van der Waals surface area contributed by atoms with Crippen LogP contribution in [-0.2, 0) is 31.6 Å². The Morgan fingerprint density at radius 3 is 2.49 bits per heavy atom. The Morgan fingerprint density at radius 1 is 0.897 bits per heavy atom. The van der Waals surface area contributed by atoms with Crippen molar-refractivity contribution in [3.63, 3.8) is 0 Å². The summed E-state index contributed by atoms with van der Waals surface area (Å²) in [6, 6.07) is 24.7. The van der Waals surface area contributed by atoms with E-state index in [9.17, 15) is 28.4 Å². The topological polar surface area (TPSA) is 233 Å². The van der Waals surface area contributed by atoms with Crippen molar-refractivity contribution < 1.29 is 42.2 Å². The number of hydrogen-bond acceptors (Lipinski definition) is 18. The number of H-pyrrole nitrogens is 1. The van der Waals surface area contributed by atoms with Crippen LogP contribution >= 0.6 is 0 Å². The van der Waals surface area contributed by atoms with E-state index in [1.165, 1.54) is 23.3 Å². The molecule has 6 fully saturated rings. The van der Waals surface area contributed by atoms with Crippen molar-refractivity contribution in [1.82, 2.24) is 29.5 Å². The lowest BCUT2D eigenvalue weighted by molar-refractivity contribution is -0.384. The van der Waals surface area contributed by atoms with Crippen LogP contribution in [0.5, 0.6) is 11.6 Å². The van der Waals surface area contributed by atoms with E-state index in [-0.39, 0.29) is 34.2 Å². The molecule has 2 spiro atoms. The zero-order valence-electron chi connectivity index (χ0n) is 49.9. The summed E-state index contributed by atoms with van der Waals surface area (Å²) in [7, 11) is -2.91. The van der Waals surface area contributed by atoms with E-state index in [4.69, 9.17) is 28.9 Å². The van der Waals surface area contributed by atoms with Crippen LogP contribution in [0.15, 0.2) is 96.2 Å². The number of pyridine rings is 2. The van der Waals surface area contributed by atoms with Gasteiger partial charge in [-0.2, -0.15) is 4.98 Å². The van der Waals surface area contributed by atoms with Gasteiger partial charge in [-0.25, -0.2) is 18.1 Å².